The van der Waals surface area contributed by atoms with E-state index in [-0.39, 0.29) is 86.7 Å². The van der Waals surface area contributed by atoms with Gasteiger partial charge < -0.3 is 0 Å². The molecule has 0 atom stereocenters. The molecular weight excluding hydrogens is 569 g/mol. The SMILES string of the molecule is CC.CC.C[SiH2]C.C[SiH](C)C.[Ru].[Ru].[Ru].[Ru]. The molecule has 0 unspecified atom stereocenters. The molecule has 0 bridgehead atoms. The van der Waals surface area contributed by atoms with Gasteiger partial charge in [0.15, 0.2) is 0 Å². The molecule has 0 spiro atoms. The summed E-state index contributed by atoms with van der Waals surface area (Å²) in [5, 5.41) is 0. The van der Waals surface area contributed by atoms with Gasteiger partial charge >= 0.3 is 0 Å². The molecule has 0 aromatic rings. The Bertz CT molecular complexity index is 31.3. The fourth-order valence-electron chi connectivity index (χ4n) is 0. The van der Waals surface area contributed by atoms with E-state index in [0.29, 0.717) is 9.52 Å². The maximum Gasteiger partial charge on any atom is 0.0274 e. The summed E-state index contributed by atoms with van der Waals surface area (Å²) in [5.74, 6) is 0. The predicted octanol–water partition coefficient (Wildman–Crippen LogP) is 3.40. The van der Waals surface area contributed by atoms with Crippen molar-refractivity contribution in [2.75, 3.05) is 0 Å². The first-order valence-corrected chi connectivity index (χ1v) is 11.4. The monoisotopic (exact) mass is 602 g/mol. The summed E-state index contributed by atoms with van der Waals surface area (Å²) in [6, 6.07) is 0. The summed E-state index contributed by atoms with van der Waals surface area (Å²) in [4.78, 5) is 0. The molecule has 0 N–H and O–H groups in total. The molecule has 0 rings (SSSR count). The van der Waals surface area contributed by atoms with Gasteiger partial charge in [0.2, 0.25) is 0 Å². The molecule has 6 heteroatoms. The van der Waals surface area contributed by atoms with Crippen molar-refractivity contribution >= 4 is 18.3 Å². The van der Waals surface area contributed by atoms with Crippen LogP contribution in [0.25, 0.3) is 0 Å². The van der Waals surface area contributed by atoms with Crippen molar-refractivity contribution < 1.29 is 77.9 Å². The minimum atomic E-state index is -0.139. The molecule has 0 heterocycles. The first-order valence-electron chi connectivity index (χ1n) is 5.15. The third-order valence-corrected chi connectivity index (χ3v) is 0. The van der Waals surface area contributed by atoms with Crippen molar-refractivity contribution in [1.29, 1.82) is 0 Å². The van der Waals surface area contributed by atoms with E-state index >= 15 is 0 Å². The number of rotatable bonds is 0. The Morgan fingerprint density at radius 3 is 0.600 bits per heavy atom. The molecule has 0 nitrogen and oxygen atoms in total. The second-order valence-corrected chi connectivity index (χ2v) is 7.32. The molecule has 0 aliphatic heterocycles. The van der Waals surface area contributed by atoms with E-state index in [1.165, 1.54) is 0 Å². The van der Waals surface area contributed by atoms with Crippen LogP contribution in [-0.2, 0) is 77.9 Å². The van der Waals surface area contributed by atoms with Gasteiger partial charge in [-0.05, 0) is 0 Å². The molecule has 0 saturated carbocycles. The van der Waals surface area contributed by atoms with Gasteiger partial charge in [0.05, 0.1) is 0 Å². The third-order valence-electron chi connectivity index (χ3n) is 0. The second-order valence-electron chi connectivity index (χ2n) is 2.44. The van der Waals surface area contributed by atoms with Crippen molar-refractivity contribution in [2.24, 2.45) is 0 Å². The van der Waals surface area contributed by atoms with E-state index in [9.17, 15) is 0 Å². The molecular formula is C9H30Ru4Si2. The summed E-state index contributed by atoms with van der Waals surface area (Å²) in [6.45, 7) is 19.4. The van der Waals surface area contributed by atoms with E-state index in [4.69, 9.17) is 0 Å². The summed E-state index contributed by atoms with van der Waals surface area (Å²) in [6.07, 6.45) is 0. The van der Waals surface area contributed by atoms with Crippen LogP contribution in [0.3, 0.4) is 0 Å². The van der Waals surface area contributed by atoms with Crippen LogP contribution in [0, 0.1) is 0 Å². The summed E-state index contributed by atoms with van der Waals surface area (Å²) in [5.41, 5.74) is 0. The third kappa shape index (κ3) is 440. The van der Waals surface area contributed by atoms with Crippen LogP contribution in [0.1, 0.15) is 27.7 Å². The van der Waals surface area contributed by atoms with Gasteiger partial charge in [0, 0.05) is 96.2 Å². The van der Waals surface area contributed by atoms with Crippen LogP contribution >= 0.6 is 0 Å². The normalized spacial score (nSPS) is 4.40. The quantitative estimate of drug-likeness (QED) is 0.375. The average Bonchev–Trinajstić information content (AvgIpc) is 1.96. The molecule has 15 heavy (non-hydrogen) atoms. The van der Waals surface area contributed by atoms with Crippen molar-refractivity contribution in [1.82, 2.24) is 0 Å². The van der Waals surface area contributed by atoms with Crippen LogP contribution in [0.2, 0.25) is 32.7 Å². The Labute approximate surface area is 155 Å². The van der Waals surface area contributed by atoms with Crippen LogP contribution in [-0.4, -0.2) is 18.3 Å². The van der Waals surface area contributed by atoms with Crippen LogP contribution in [0.4, 0.5) is 0 Å². The van der Waals surface area contributed by atoms with Gasteiger partial charge in [-0.25, -0.2) is 0 Å². The zero-order valence-electron chi connectivity index (χ0n) is 11.7. The van der Waals surface area contributed by atoms with E-state index in [2.05, 4.69) is 32.7 Å². The van der Waals surface area contributed by atoms with Gasteiger partial charge in [0.25, 0.3) is 0 Å². The fourth-order valence-corrected chi connectivity index (χ4v) is 0. The Balaban J connectivity index is -0.00000000692. The zero-order valence-corrected chi connectivity index (χ0v) is 21.2. The predicted molar refractivity (Wildman–Crippen MR) is 67.7 cm³/mol. The Morgan fingerprint density at radius 1 is 0.600 bits per heavy atom. The topological polar surface area (TPSA) is 0 Å². The fraction of sp³-hybridized carbons (Fsp3) is 1.00. The summed E-state index contributed by atoms with van der Waals surface area (Å²) >= 11 is 0. The van der Waals surface area contributed by atoms with Crippen LogP contribution < -0.4 is 0 Å². The first-order chi connectivity index (χ1) is 5.15. The van der Waals surface area contributed by atoms with Crippen molar-refractivity contribution in [2.45, 2.75) is 60.4 Å². The molecule has 0 aromatic heterocycles. The summed E-state index contributed by atoms with van der Waals surface area (Å²) < 4.78 is 0. The van der Waals surface area contributed by atoms with Crippen molar-refractivity contribution in [3.05, 3.63) is 0 Å². The Morgan fingerprint density at radius 2 is 0.600 bits per heavy atom. The van der Waals surface area contributed by atoms with Crippen molar-refractivity contribution in [3.63, 3.8) is 0 Å². The molecule has 0 aromatic carbocycles. The second kappa shape index (κ2) is 89.5. The molecule has 0 aliphatic carbocycles. The van der Waals surface area contributed by atoms with E-state index < -0.39 is 0 Å². The molecule has 0 amide bonds. The maximum atomic E-state index is 2.31. The average molecular weight is 599 g/mol. The zero-order chi connectivity index (χ0) is 10.3. The molecule has 0 aliphatic rings. The molecule has 0 fully saturated rings. The summed E-state index contributed by atoms with van der Waals surface area (Å²) in [7, 11) is 0.278. The smallest absolute Gasteiger partial charge is 0.0274 e. The van der Waals surface area contributed by atoms with E-state index in [1.807, 2.05) is 27.7 Å². The number of hydrogen-bond donors (Lipinski definition) is 0. The number of hydrogen-bond acceptors (Lipinski definition) is 0. The first kappa shape index (κ1) is 52.1. The van der Waals surface area contributed by atoms with Crippen molar-refractivity contribution in [3.8, 4) is 0 Å². The minimum Gasteiger partial charge on any atom is -0.0750 e. The molecule has 0 radical (unpaired) electrons. The van der Waals surface area contributed by atoms with Gasteiger partial charge in [0.1, 0.15) is 0 Å². The molecule has 106 valence electrons. The van der Waals surface area contributed by atoms with Gasteiger partial charge in [-0.2, -0.15) is 0 Å². The largest absolute Gasteiger partial charge is 0.0750 e. The Hall–Kier alpha value is 2.93. The van der Waals surface area contributed by atoms with Crippen LogP contribution in [0.15, 0.2) is 0 Å². The maximum absolute atomic E-state index is 2.31. The Kier molecular flexibility index (Phi) is 311. The molecule has 0 saturated heterocycles. The standard InChI is InChI=1S/C3H10Si.C2H8Si.2C2H6.4Ru/c1-4(2)3;1-3-2;2*1-2;;;;/h4H,1-3H3;3H2,1-2H3;2*1-2H3;;;;. The van der Waals surface area contributed by atoms with Gasteiger partial charge in [-0.3, -0.25) is 0 Å². The van der Waals surface area contributed by atoms with Crippen LogP contribution in [0.5, 0.6) is 0 Å². The van der Waals surface area contributed by atoms with E-state index in [0.717, 1.165) is 0 Å². The minimum absolute atomic E-state index is 0. The van der Waals surface area contributed by atoms with Gasteiger partial charge in [-0.1, -0.05) is 60.4 Å². The van der Waals surface area contributed by atoms with E-state index in [1.54, 1.807) is 0 Å². The van der Waals surface area contributed by atoms with Gasteiger partial charge in [-0.15, -0.1) is 0 Å².